The molecule has 0 radical (unpaired) electrons. The first-order valence-electron chi connectivity index (χ1n) is 4.57. The first-order chi connectivity index (χ1) is 6.61. The van der Waals surface area contributed by atoms with Crippen molar-refractivity contribution >= 4 is 5.91 Å². The van der Waals surface area contributed by atoms with Gasteiger partial charge in [0.05, 0.1) is 5.56 Å². The molecule has 1 aromatic rings. The maximum absolute atomic E-state index is 11.7. The molecule has 14 heavy (non-hydrogen) atoms. The van der Waals surface area contributed by atoms with Crippen molar-refractivity contribution in [3.8, 4) is 0 Å². The van der Waals surface area contributed by atoms with Crippen LogP contribution in [0.15, 0.2) is 18.3 Å². The molecule has 0 aliphatic carbocycles. The molecule has 0 bridgehead atoms. The molecule has 1 atom stereocenters. The predicted octanol–water partition coefficient (Wildman–Crippen LogP) is 0.722. The largest absolute Gasteiger partial charge is 0.365 e. The molecule has 1 aromatic heterocycles. The average molecular weight is 192 g/mol. The summed E-state index contributed by atoms with van der Waals surface area (Å²) in [5, 5.41) is 10.2. The molecule has 74 valence electrons. The Labute approximate surface area is 82.2 Å². The van der Waals surface area contributed by atoms with Gasteiger partial charge in [0.1, 0.15) is 5.69 Å². The number of amides is 1. The Balaban J connectivity index is 2.65. The monoisotopic (exact) mass is 192 g/mol. The van der Waals surface area contributed by atoms with E-state index in [1.165, 1.54) is 4.90 Å². The molecule has 1 N–H and O–H groups in total. The zero-order chi connectivity index (χ0) is 10.3. The van der Waals surface area contributed by atoms with Crippen molar-refractivity contribution in [3.05, 3.63) is 29.6 Å². The zero-order valence-corrected chi connectivity index (χ0v) is 8.19. The van der Waals surface area contributed by atoms with E-state index in [2.05, 4.69) is 4.98 Å². The van der Waals surface area contributed by atoms with Gasteiger partial charge < -0.3 is 10.0 Å². The second-order valence-electron chi connectivity index (χ2n) is 3.43. The van der Waals surface area contributed by atoms with Gasteiger partial charge in [-0.15, -0.1) is 0 Å². The fourth-order valence-electron chi connectivity index (χ4n) is 1.81. The van der Waals surface area contributed by atoms with Gasteiger partial charge in [-0.25, -0.2) is 0 Å². The minimum absolute atomic E-state index is 0.169. The molecule has 0 saturated heterocycles. The van der Waals surface area contributed by atoms with Crippen LogP contribution in [0.4, 0.5) is 0 Å². The summed E-state index contributed by atoms with van der Waals surface area (Å²) >= 11 is 0. The molecule has 1 unspecified atom stereocenters. The molecule has 2 heterocycles. The Morgan fingerprint density at radius 3 is 3.00 bits per heavy atom. The van der Waals surface area contributed by atoms with Gasteiger partial charge in [0, 0.05) is 13.2 Å². The number of aromatic nitrogens is 1. The van der Waals surface area contributed by atoms with E-state index in [4.69, 9.17) is 0 Å². The number of aliphatic hydroxyl groups is 1. The maximum atomic E-state index is 11.7. The third-order valence-electron chi connectivity index (χ3n) is 2.77. The van der Waals surface area contributed by atoms with Crippen molar-refractivity contribution < 1.29 is 9.90 Å². The van der Waals surface area contributed by atoms with Crippen LogP contribution in [0.2, 0.25) is 0 Å². The third kappa shape index (κ3) is 0.915. The van der Waals surface area contributed by atoms with E-state index >= 15 is 0 Å². The molecule has 0 saturated carbocycles. The van der Waals surface area contributed by atoms with Crippen molar-refractivity contribution in [2.45, 2.75) is 19.1 Å². The van der Waals surface area contributed by atoms with Gasteiger partial charge in [0.25, 0.3) is 5.91 Å². The van der Waals surface area contributed by atoms with Crippen LogP contribution in [-0.4, -0.2) is 27.9 Å². The summed E-state index contributed by atoms with van der Waals surface area (Å²) in [5.74, 6) is -0.169. The van der Waals surface area contributed by atoms with E-state index in [-0.39, 0.29) is 5.91 Å². The second-order valence-corrected chi connectivity index (χ2v) is 3.43. The quantitative estimate of drug-likeness (QED) is 0.713. The highest BCUT2D eigenvalue weighted by Crippen LogP contribution is 2.36. The van der Waals surface area contributed by atoms with Gasteiger partial charge in [-0.2, -0.15) is 0 Å². The van der Waals surface area contributed by atoms with Gasteiger partial charge in [-0.05, 0) is 18.6 Å². The number of nitrogens with zero attached hydrogens (tertiary/aromatic N) is 2. The van der Waals surface area contributed by atoms with Crippen molar-refractivity contribution in [3.63, 3.8) is 0 Å². The first-order valence-corrected chi connectivity index (χ1v) is 4.57. The molecule has 0 spiro atoms. The molecule has 4 heteroatoms. The third-order valence-corrected chi connectivity index (χ3v) is 2.77. The molecule has 2 rings (SSSR count). The Morgan fingerprint density at radius 1 is 1.64 bits per heavy atom. The predicted molar refractivity (Wildman–Crippen MR) is 50.5 cm³/mol. The van der Waals surface area contributed by atoms with Crippen molar-refractivity contribution in [2.75, 3.05) is 7.05 Å². The minimum Gasteiger partial charge on any atom is -0.365 e. The standard InChI is InChI=1S/C10H12N2O2/c1-3-10(14)8-7(5-4-6-11-8)9(13)12(10)2/h4-6,14H,3H2,1-2H3. The molecular formula is C10H12N2O2. The number of fused-ring (bicyclic) bond motifs is 1. The number of carbonyl (C=O) groups is 1. The highest BCUT2D eigenvalue weighted by molar-refractivity contribution is 5.98. The first kappa shape index (κ1) is 9.15. The molecule has 1 aliphatic rings. The number of hydrogen-bond acceptors (Lipinski definition) is 3. The van der Waals surface area contributed by atoms with Gasteiger partial charge in [-0.3, -0.25) is 9.78 Å². The molecule has 4 nitrogen and oxygen atoms in total. The molecular weight excluding hydrogens is 180 g/mol. The Kier molecular flexibility index (Phi) is 1.82. The van der Waals surface area contributed by atoms with Crippen LogP contribution in [0.1, 0.15) is 29.4 Å². The molecule has 1 aliphatic heterocycles. The molecule has 0 fully saturated rings. The lowest BCUT2D eigenvalue weighted by Crippen LogP contribution is -2.40. The zero-order valence-electron chi connectivity index (χ0n) is 8.19. The summed E-state index contributed by atoms with van der Waals surface area (Å²) < 4.78 is 0. The lowest BCUT2D eigenvalue weighted by molar-refractivity contribution is -0.0777. The highest BCUT2D eigenvalue weighted by Gasteiger charge is 2.46. The van der Waals surface area contributed by atoms with Crippen LogP contribution in [-0.2, 0) is 5.72 Å². The van der Waals surface area contributed by atoms with Crippen LogP contribution < -0.4 is 0 Å². The summed E-state index contributed by atoms with van der Waals surface area (Å²) in [4.78, 5) is 17.1. The Morgan fingerprint density at radius 2 is 2.36 bits per heavy atom. The van der Waals surface area contributed by atoms with Crippen molar-refractivity contribution in [1.29, 1.82) is 0 Å². The summed E-state index contributed by atoms with van der Waals surface area (Å²) in [6.07, 6.45) is 2.03. The van der Waals surface area contributed by atoms with E-state index in [0.29, 0.717) is 17.7 Å². The topological polar surface area (TPSA) is 53.4 Å². The maximum Gasteiger partial charge on any atom is 0.258 e. The van der Waals surface area contributed by atoms with Gasteiger partial charge in [0.2, 0.25) is 0 Å². The SMILES string of the molecule is CCC1(O)c2ncccc2C(=O)N1C. The van der Waals surface area contributed by atoms with Crippen molar-refractivity contribution in [2.24, 2.45) is 0 Å². The van der Waals surface area contributed by atoms with E-state index in [1.807, 2.05) is 6.92 Å². The average Bonchev–Trinajstić information content (AvgIpc) is 2.43. The van der Waals surface area contributed by atoms with Gasteiger partial charge >= 0.3 is 0 Å². The smallest absolute Gasteiger partial charge is 0.258 e. The van der Waals surface area contributed by atoms with E-state index in [0.717, 1.165) is 0 Å². The van der Waals surface area contributed by atoms with Crippen LogP contribution in [0.3, 0.4) is 0 Å². The molecule has 0 aromatic carbocycles. The summed E-state index contributed by atoms with van der Waals surface area (Å²) in [6.45, 7) is 1.83. The summed E-state index contributed by atoms with van der Waals surface area (Å²) in [5.41, 5.74) is -0.262. The van der Waals surface area contributed by atoms with E-state index < -0.39 is 5.72 Å². The Hall–Kier alpha value is -1.42. The highest BCUT2D eigenvalue weighted by atomic mass is 16.3. The number of pyridine rings is 1. The van der Waals surface area contributed by atoms with Crippen LogP contribution in [0.25, 0.3) is 0 Å². The van der Waals surface area contributed by atoms with Crippen molar-refractivity contribution in [1.82, 2.24) is 9.88 Å². The normalized spacial score (nSPS) is 25.4. The minimum atomic E-state index is -1.23. The van der Waals surface area contributed by atoms with Gasteiger partial charge in [0.15, 0.2) is 5.72 Å². The van der Waals surface area contributed by atoms with Crippen LogP contribution in [0, 0.1) is 0 Å². The number of carbonyl (C=O) groups excluding carboxylic acids is 1. The van der Waals surface area contributed by atoms with Gasteiger partial charge in [-0.1, -0.05) is 6.92 Å². The summed E-state index contributed by atoms with van der Waals surface area (Å²) in [6, 6.07) is 3.39. The van der Waals surface area contributed by atoms with E-state index in [9.17, 15) is 9.90 Å². The van der Waals surface area contributed by atoms with Crippen LogP contribution in [0.5, 0.6) is 0 Å². The number of rotatable bonds is 1. The lowest BCUT2D eigenvalue weighted by Gasteiger charge is -2.28. The fraction of sp³-hybridized carbons (Fsp3) is 0.400. The number of hydrogen-bond donors (Lipinski definition) is 1. The molecule has 1 amide bonds. The second kappa shape index (κ2) is 2.78. The Bertz CT molecular complexity index is 391. The van der Waals surface area contributed by atoms with E-state index in [1.54, 1.807) is 25.4 Å². The lowest BCUT2D eigenvalue weighted by atomic mass is 10.1. The van der Waals surface area contributed by atoms with Crippen LogP contribution >= 0.6 is 0 Å². The summed E-state index contributed by atoms with van der Waals surface area (Å²) in [7, 11) is 1.59. The fourth-order valence-corrected chi connectivity index (χ4v) is 1.81.